The molecule has 2 aromatic carbocycles. The number of methoxy groups -OCH3 is 3. The van der Waals surface area contributed by atoms with Gasteiger partial charge in [-0.2, -0.15) is 0 Å². The molecule has 1 amide bonds. The van der Waals surface area contributed by atoms with Gasteiger partial charge in [0.2, 0.25) is 11.6 Å². The van der Waals surface area contributed by atoms with Gasteiger partial charge in [0.25, 0.3) is 5.91 Å². The highest BCUT2D eigenvalue weighted by molar-refractivity contribution is 6.30. The highest BCUT2D eigenvalue weighted by Crippen LogP contribution is 2.41. The van der Waals surface area contributed by atoms with Crippen LogP contribution in [-0.2, 0) is 6.54 Å². The fourth-order valence-electron chi connectivity index (χ4n) is 3.37. The third-order valence-corrected chi connectivity index (χ3v) is 5.45. The monoisotopic (exact) mass is 498 g/mol. The maximum Gasteiger partial charge on any atom is 0.280 e. The molecule has 0 aliphatic rings. The fourth-order valence-corrected chi connectivity index (χ4v) is 3.49. The molecule has 0 saturated carbocycles. The average Bonchev–Trinajstić information content (AvgIpc) is 3.41. The Morgan fingerprint density at radius 1 is 1.11 bits per heavy atom. The van der Waals surface area contributed by atoms with Gasteiger partial charge in [-0.25, -0.2) is 9.67 Å². The SMILES string of the molecule is COc1cc(-c2nc(Cn3nnc(C(=O)Nc4ccc(Cl)cc4)c3N)c(C)o2)cc(OC)c1OC. The summed E-state index contributed by atoms with van der Waals surface area (Å²) in [4.78, 5) is 17.2. The summed E-state index contributed by atoms with van der Waals surface area (Å²) in [6.45, 7) is 1.91. The summed E-state index contributed by atoms with van der Waals surface area (Å²) in [5.41, 5.74) is 7.89. The zero-order valence-corrected chi connectivity index (χ0v) is 20.2. The third kappa shape index (κ3) is 4.85. The number of carbonyl (C=O) groups excluding carboxylic acids is 1. The summed E-state index contributed by atoms with van der Waals surface area (Å²) in [6.07, 6.45) is 0. The van der Waals surface area contributed by atoms with E-state index in [0.29, 0.717) is 50.9 Å². The number of halogens is 1. The number of nitrogens with two attached hydrogens (primary N) is 1. The second-order valence-electron chi connectivity index (χ2n) is 7.38. The van der Waals surface area contributed by atoms with Crippen LogP contribution < -0.4 is 25.3 Å². The maximum atomic E-state index is 12.6. The number of hydrogen-bond donors (Lipinski definition) is 2. The predicted octanol–water partition coefficient (Wildman–Crippen LogP) is 3.80. The van der Waals surface area contributed by atoms with Crippen LogP contribution in [0.4, 0.5) is 11.5 Å². The van der Waals surface area contributed by atoms with Crippen LogP contribution in [0, 0.1) is 6.92 Å². The Bertz CT molecular complexity index is 1340. The topological polar surface area (TPSA) is 140 Å². The first-order chi connectivity index (χ1) is 16.8. The Morgan fingerprint density at radius 3 is 2.37 bits per heavy atom. The molecule has 0 spiro atoms. The minimum absolute atomic E-state index is 0.00838. The summed E-state index contributed by atoms with van der Waals surface area (Å²) in [7, 11) is 4.59. The molecule has 0 saturated heterocycles. The number of aromatic nitrogens is 4. The van der Waals surface area contributed by atoms with Crippen LogP contribution in [-0.4, -0.2) is 47.2 Å². The van der Waals surface area contributed by atoms with Gasteiger partial charge >= 0.3 is 0 Å². The Morgan fingerprint density at radius 2 is 1.77 bits per heavy atom. The Labute approximate surface area is 205 Å². The first-order valence-electron chi connectivity index (χ1n) is 10.4. The highest BCUT2D eigenvalue weighted by Gasteiger charge is 2.21. The number of nitrogen functional groups attached to an aromatic ring is 1. The number of nitrogens with one attached hydrogen (secondary N) is 1. The molecule has 4 aromatic rings. The quantitative estimate of drug-likeness (QED) is 0.371. The highest BCUT2D eigenvalue weighted by atomic mass is 35.5. The molecule has 3 N–H and O–H groups in total. The summed E-state index contributed by atoms with van der Waals surface area (Å²) >= 11 is 5.88. The van der Waals surface area contributed by atoms with E-state index in [9.17, 15) is 4.79 Å². The molecular formula is C23H23ClN6O5. The van der Waals surface area contributed by atoms with Crippen molar-refractivity contribution in [1.29, 1.82) is 0 Å². The second-order valence-corrected chi connectivity index (χ2v) is 7.81. The minimum atomic E-state index is -0.494. The van der Waals surface area contributed by atoms with Gasteiger partial charge in [-0.05, 0) is 43.3 Å². The predicted molar refractivity (Wildman–Crippen MR) is 129 cm³/mol. The van der Waals surface area contributed by atoms with Crippen molar-refractivity contribution < 1.29 is 23.4 Å². The zero-order valence-electron chi connectivity index (χ0n) is 19.5. The van der Waals surface area contributed by atoms with Crippen molar-refractivity contribution in [2.24, 2.45) is 0 Å². The average molecular weight is 499 g/mol. The number of nitrogens with zero attached hydrogens (tertiary/aromatic N) is 4. The number of anilines is 2. The summed E-state index contributed by atoms with van der Waals surface area (Å²) in [5, 5.41) is 11.2. The lowest BCUT2D eigenvalue weighted by Crippen LogP contribution is -2.15. The number of oxazole rings is 1. The zero-order chi connectivity index (χ0) is 25.1. The number of amides is 1. The van der Waals surface area contributed by atoms with E-state index < -0.39 is 5.91 Å². The van der Waals surface area contributed by atoms with Crippen molar-refractivity contribution in [3.63, 3.8) is 0 Å². The molecule has 11 nitrogen and oxygen atoms in total. The van der Waals surface area contributed by atoms with Crippen molar-refractivity contribution >= 4 is 29.0 Å². The first-order valence-corrected chi connectivity index (χ1v) is 10.7. The van der Waals surface area contributed by atoms with Crippen LogP contribution in [0.5, 0.6) is 17.2 Å². The van der Waals surface area contributed by atoms with Crippen molar-refractivity contribution in [2.45, 2.75) is 13.5 Å². The number of rotatable bonds is 8. The molecule has 4 rings (SSSR count). The molecule has 0 aliphatic carbocycles. The summed E-state index contributed by atoms with van der Waals surface area (Å²) in [5.74, 6) is 1.89. The van der Waals surface area contributed by atoms with Crippen molar-refractivity contribution in [3.8, 4) is 28.7 Å². The van der Waals surface area contributed by atoms with Gasteiger partial charge in [-0.15, -0.1) is 5.10 Å². The molecule has 0 bridgehead atoms. The molecule has 0 radical (unpaired) electrons. The van der Waals surface area contributed by atoms with Crippen molar-refractivity contribution in [3.05, 3.63) is 58.6 Å². The van der Waals surface area contributed by atoms with Crippen LogP contribution in [0.25, 0.3) is 11.5 Å². The van der Waals surface area contributed by atoms with Gasteiger partial charge < -0.3 is 29.7 Å². The standard InChI is InChI=1S/C23H23ClN6O5/c1-12-16(27-23(35-12)13-9-17(32-2)20(34-4)18(10-13)33-3)11-30-21(25)19(28-29-30)22(31)26-15-7-5-14(24)6-8-15/h5-10H,11,25H2,1-4H3,(H,26,31). The Hall–Kier alpha value is -4.25. The molecule has 0 aliphatic heterocycles. The summed E-state index contributed by atoms with van der Waals surface area (Å²) < 4.78 is 23.4. The van der Waals surface area contributed by atoms with Crippen LogP contribution in [0.15, 0.2) is 40.8 Å². The molecule has 35 heavy (non-hydrogen) atoms. The van der Waals surface area contributed by atoms with Crippen molar-refractivity contribution in [1.82, 2.24) is 20.0 Å². The van der Waals surface area contributed by atoms with E-state index in [1.165, 1.54) is 26.0 Å². The number of benzene rings is 2. The first kappa shape index (κ1) is 23.9. The van der Waals surface area contributed by atoms with Crippen LogP contribution in [0.1, 0.15) is 21.9 Å². The van der Waals surface area contributed by atoms with Gasteiger partial charge in [0.05, 0.1) is 27.9 Å². The molecule has 0 fully saturated rings. The molecule has 0 unspecified atom stereocenters. The smallest absolute Gasteiger partial charge is 0.280 e. The molecular weight excluding hydrogens is 476 g/mol. The fraction of sp³-hybridized carbons (Fsp3) is 0.217. The van der Waals surface area contributed by atoms with E-state index in [0.717, 1.165) is 0 Å². The van der Waals surface area contributed by atoms with E-state index in [2.05, 4.69) is 20.6 Å². The van der Waals surface area contributed by atoms with E-state index in [4.69, 9.17) is 36.0 Å². The Balaban J connectivity index is 1.57. The van der Waals surface area contributed by atoms with Gasteiger partial charge in [0.15, 0.2) is 23.0 Å². The van der Waals surface area contributed by atoms with Crippen LogP contribution in [0.3, 0.4) is 0 Å². The summed E-state index contributed by atoms with van der Waals surface area (Å²) in [6, 6.07) is 10.1. The van der Waals surface area contributed by atoms with Gasteiger partial charge in [0, 0.05) is 16.3 Å². The largest absolute Gasteiger partial charge is 0.493 e. The van der Waals surface area contributed by atoms with Gasteiger partial charge in [0.1, 0.15) is 11.5 Å². The molecule has 2 aromatic heterocycles. The molecule has 2 heterocycles. The maximum absolute atomic E-state index is 12.6. The number of ether oxygens (including phenoxy) is 3. The second kappa shape index (κ2) is 9.94. The minimum Gasteiger partial charge on any atom is -0.493 e. The lowest BCUT2D eigenvalue weighted by molar-refractivity contribution is 0.102. The molecule has 0 atom stereocenters. The number of carbonyl (C=O) groups is 1. The lowest BCUT2D eigenvalue weighted by atomic mass is 10.2. The van der Waals surface area contributed by atoms with E-state index in [1.54, 1.807) is 43.3 Å². The van der Waals surface area contributed by atoms with Gasteiger partial charge in [-0.1, -0.05) is 16.8 Å². The lowest BCUT2D eigenvalue weighted by Gasteiger charge is -2.12. The molecule has 182 valence electrons. The normalized spacial score (nSPS) is 10.8. The van der Waals surface area contributed by atoms with E-state index in [-0.39, 0.29) is 18.1 Å². The molecule has 12 heteroatoms. The van der Waals surface area contributed by atoms with Crippen LogP contribution in [0.2, 0.25) is 5.02 Å². The Kier molecular flexibility index (Phi) is 6.78. The number of hydrogen-bond acceptors (Lipinski definition) is 9. The van der Waals surface area contributed by atoms with Crippen molar-refractivity contribution in [2.75, 3.05) is 32.4 Å². The van der Waals surface area contributed by atoms with Crippen LogP contribution >= 0.6 is 11.6 Å². The van der Waals surface area contributed by atoms with Gasteiger partial charge in [-0.3, -0.25) is 4.79 Å². The third-order valence-electron chi connectivity index (χ3n) is 5.19. The number of aryl methyl sites for hydroxylation is 1. The van der Waals surface area contributed by atoms with E-state index >= 15 is 0 Å². The van der Waals surface area contributed by atoms with E-state index in [1.807, 2.05) is 0 Å².